The topological polar surface area (TPSA) is 70.2 Å². The number of hydrogen-bond donors (Lipinski definition) is 3. The molecule has 5 nitrogen and oxygen atoms in total. The van der Waals surface area contributed by atoms with Gasteiger partial charge in [0.05, 0.1) is 6.42 Å². The molecule has 0 saturated heterocycles. The Hall–Kier alpha value is -2.73. The Labute approximate surface area is 146 Å². The van der Waals surface area contributed by atoms with Gasteiger partial charge in [-0.3, -0.25) is 9.59 Å². The Morgan fingerprint density at radius 2 is 1.67 bits per heavy atom. The predicted molar refractivity (Wildman–Crippen MR) is 99.0 cm³/mol. The van der Waals surface area contributed by atoms with Crippen LogP contribution in [0.3, 0.4) is 0 Å². The molecular weight excluding hydrogens is 322 g/mol. The smallest absolute Gasteiger partial charge is 0.251 e. The van der Waals surface area contributed by atoms with Gasteiger partial charge in [0.15, 0.2) is 5.11 Å². The molecule has 0 radical (unpaired) electrons. The molecule has 0 aromatic heterocycles. The molecule has 3 N–H and O–H groups in total. The van der Waals surface area contributed by atoms with Crippen molar-refractivity contribution in [2.24, 2.45) is 0 Å². The summed E-state index contributed by atoms with van der Waals surface area (Å²) in [4.78, 5) is 23.6. The first-order chi connectivity index (χ1) is 11.6. The van der Waals surface area contributed by atoms with Crippen molar-refractivity contribution in [1.82, 2.24) is 10.6 Å². The van der Waals surface area contributed by atoms with Crippen molar-refractivity contribution in [1.29, 1.82) is 0 Å². The quantitative estimate of drug-likeness (QED) is 0.731. The third-order valence-electron chi connectivity index (χ3n) is 3.20. The summed E-state index contributed by atoms with van der Waals surface area (Å²) in [7, 11) is 0. The van der Waals surface area contributed by atoms with Crippen LogP contribution in [0.5, 0.6) is 0 Å². The van der Waals surface area contributed by atoms with Gasteiger partial charge in [-0.1, -0.05) is 30.3 Å². The number of amides is 2. The number of anilines is 1. The summed E-state index contributed by atoms with van der Waals surface area (Å²) >= 11 is 5.13. The lowest BCUT2D eigenvalue weighted by Crippen LogP contribution is -2.35. The van der Waals surface area contributed by atoms with Gasteiger partial charge >= 0.3 is 0 Å². The molecule has 0 aliphatic heterocycles. The van der Waals surface area contributed by atoms with E-state index in [1.807, 2.05) is 37.3 Å². The van der Waals surface area contributed by atoms with Crippen molar-refractivity contribution in [3.8, 4) is 0 Å². The number of benzene rings is 2. The van der Waals surface area contributed by atoms with Crippen molar-refractivity contribution in [3.05, 3.63) is 65.7 Å². The molecule has 0 fully saturated rings. The maximum absolute atomic E-state index is 11.9. The van der Waals surface area contributed by atoms with E-state index in [4.69, 9.17) is 12.2 Å². The number of carbonyl (C=O) groups excluding carboxylic acids is 2. The van der Waals surface area contributed by atoms with E-state index in [1.54, 1.807) is 24.3 Å². The molecule has 0 aliphatic rings. The van der Waals surface area contributed by atoms with E-state index in [-0.39, 0.29) is 23.3 Å². The monoisotopic (exact) mass is 341 g/mol. The summed E-state index contributed by atoms with van der Waals surface area (Å²) in [6.07, 6.45) is 0.263. The van der Waals surface area contributed by atoms with Crippen molar-refractivity contribution in [2.45, 2.75) is 13.3 Å². The van der Waals surface area contributed by atoms with Gasteiger partial charge in [0.1, 0.15) is 0 Å². The second-order valence-electron chi connectivity index (χ2n) is 5.10. The van der Waals surface area contributed by atoms with Gasteiger partial charge in [-0.2, -0.15) is 0 Å². The molecule has 2 aromatic rings. The Kier molecular flexibility index (Phi) is 6.45. The minimum atomic E-state index is -0.183. The van der Waals surface area contributed by atoms with Gasteiger partial charge in [0.25, 0.3) is 5.91 Å². The van der Waals surface area contributed by atoms with Crippen molar-refractivity contribution >= 4 is 34.8 Å². The molecule has 0 bridgehead atoms. The highest BCUT2D eigenvalue weighted by molar-refractivity contribution is 7.80. The van der Waals surface area contributed by atoms with Crippen molar-refractivity contribution in [3.63, 3.8) is 0 Å². The SMILES string of the molecule is CCNC(=O)c1ccc(NC(=S)NC(=O)Cc2ccccc2)cc1. The van der Waals surface area contributed by atoms with Gasteiger partial charge < -0.3 is 16.0 Å². The lowest BCUT2D eigenvalue weighted by atomic mass is 10.1. The highest BCUT2D eigenvalue weighted by Gasteiger charge is 2.07. The van der Waals surface area contributed by atoms with E-state index in [0.717, 1.165) is 5.56 Å². The van der Waals surface area contributed by atoms with Crippen LogP contribution in [0.2, 0.25) is 0 Å². The van der Waals surface area contributed by atoms with E-state index < -0.39 is 0 Å². The number of nitrogens with one attached hydrogen (secondary N) is 3. The third-order valence-corrected chi connectivity index (χ3v) is 3.41. The third kappa shape index (κ3) is 5.48. The van der Waals surface area contributed by atoms with Crippen LogP contribution in [0.15, 0.2) is 54.6 Å². The summed E-state index contributed by atoms with van der Waals surface area (Å²) in [6, 6.07) is 16.3. The average Bonchev–Trinajstić information content (AvgIpc) is 2.56. The van der Waals surface area contributed by atoms with Gasteiger partial charge in [-0.25, -0.2) is 0 Å². The molecular formula is C18H19N3O2S. The zero-order valence-electron chi connectivity index (χ0n) is 13.3. The first-order valence-corrected chi connectivity index (χ1v) is 8.02. The number of hydrogen-bond acceptors (Lipinski definition) is 3. The zero-order chi connectivity index (χ0) is 17.4. The van der Waals surface area contributed by atoms with Crippen LogP contribution in [0, 0.1) is 0 Å². The fraction of sp³-hybridized carbons (Fsp3) is 0.167. The molecule has 0 atom stereocenters. The molecule has 2 aromatic carbocycles. The van der Waals surface area contributed by atoms with Gasteiger partial charge in [0.2, 0.25) is 5.91 Å². The minimum Gasteiger partial charge on any atom is -0.352 e. The lowest BCUT2D eigenvalue weighted by molar-refractivity contribution is -0.119. The maximum atomic E-state index is 11.9. The molecule has 124 valence electrons. The molecule has 0 unspecified atom stereocenters. The average molecular weight is 341 g/mol. The molecule has 0 aliphatic carbocycles. The Morgan fingerprint density at radius 3 is 2.29 bits per heavy atom. The van der Waals surface area contributed by atoms with E-state index >= 15 is 0 Å². The van der Waals surface area contributed by atoms with E-state index in [1.165, 1.54) is 0 Å². The Balaban J connectivity index is 1.85. The fourth-order valence-electron chi connectivity index (χ4n) is 2.08. The largest absolute Gasteiger partial charge is 0.352 e. The molecule has 24 heavy (non-hydrogen) atoms. The first kappa shape index (κ1) is 17.6. The van der Waals surface area contributed by atoms with Crippen LogP contribution in [0.25, 0.3) is 0 Å². The molecule has 0 heterocycles. The van der Waals surface area contributed by atoms with Gasteiger partial charge in [-0.15, -0.1) is 0 Å². The highest BCUT2D eigenvalue weighted by atomic mass is 32.1. The van der Waals surface area contributed by atoms with Crippen LogP contribution in [0.4, 0.5) is 5.69 Å². The van der Waals surface area contributed by atoms with Crippen LogP contribution in [-0.4, -0.2) is 23.5 Å². The first-order valence-electron chi connectivity index (χ1n) is 7.61. The van der Waals surface area contributed by atoms with Crippen LogP contribution < -0.4 is 16.0 Å². The molecule has 6 heteroatoms. The summed E-state index contributed by atoms with van der Waals surface area (Å²) < 4.78 is 0. The van der Waals surface area contributed by atoms with Crippen LogP contribution in [-0.2, 0) is 11.2 Å². The van der Waals surface area contributed by atoms with Crippen LogP contribution in [0.1, 0.15) is 22.8 Å². The summed E-state index contributed by atoms with van der Waals surface area (Å²) in [5, 5.41) is 8.51. The standard InChI is InChI=1S/C18H19N3O2S/c1-2-19-17(23)14-8-10-15(11-9-14)20-18(24)21-16(22)12-13-6-4-3-5-7-13/h3-11H,2,12H2,1H3,(H,19,23)(H2,20,21,22,24). The Bertz CT molecular complexity index is 715. The second-order valence-corrected chi connectivity index (χ2v) is 5.51. The van der Waals surface area contributed by atoms with Gasteiger partial charge in [-0.05, 0) is 49.0 Å². The number of rotatable bonds is 5. The summed E-state index contributed by atoms with van der Waals surface area (Å²) in [5.41, 5.74) is 2.19. The van der Waals surface area contributed by atoms with E-state index in [9.17, 15) is 9.59 Å². The number of carbonyl (C=O) groups is 2. The normalized spacial score (nSPS) is 9.88. The molecule has 2 rings (SSSR count). The Morgan fingerprint density at radius 1 is 1.00 bits per heavy atom. The minimum absolute atomic E-state index is 0.122. The predicted octanol–water partition coefficient (Wildman–Crippen LogP) is 2.49. The molecule has 0 spiro atoms. The van der Waals surface area contributed by atoms with E-state index in [2.05, 4.69) is 16.0 Å². The van der Waals surface area contributed by atoms with Gasteiger partial charge in [0, 0.05) is 17.8 Å². The highest BCUT2D eigenvalue weighted by Crippen LogP contribution is 2.09. The van der Waals surface area contributed by atoms with E-state index in [0.29, 0.717) is 17.8 Å². The number of thiocarbonyl (C=S) groups is 1. The summed E-state index contributed by atoms with van der Waals surface area (Å²) in [5.74, 6) is -0.305. The zero-order valence-corrected chi connectivity index (χ0v) is 14.2. The second kappa shape index (κ2) is 8.79. The lowest BCUT2D eigenvalue weighted by Gasteiger charge is -2.10. The van der Waals surface area contributed by atoms with Crippen molar-refractivity contribution < 1.29 is 9.59 Å². The van der Waals surface area contributed by atoms with Crippen molar-refractivity contribution in [2.75, 3.05) is 11.9 Å². The maximum Gasteiger partial charge on any atom is 0.251 e. The molecule has 0 saturated carbocycles. The molecule has 2 amide bonds. The van der Waals surface area contributed by atoms with Crippen LogP contribution >= 0.6 is 12.2 Å². The fourth-order valence-corrected chi connectivity index (χ4v) is 2.31. The summed E-state index contributed by atoms with van der Waals surface area (Å²) in [6.45, 7) is 2.45.